The number of ether oxygens (including phenoxy) is 2. The van der Waals surface area contributed by atoms with Crippen LogP contribution >= 0.6 is 0 Å². The standard InChI is InChI=1S/C24H26N4O3/c1-4-13-30-23(29)21-17(3)27-24-25-15-26-28(24)22(21)19-9-11-20(12-10-19)31-14-18-7-5-16(2)6-8-18/h5-12,15,22H,4,13-14H2,1-3H3,(H,25,26,27). The molecular weight excluding hydrogens is 392 g/mol. The van der Waals surface area contributed by atoms with Gasteiger partial charge in [0.25, 0.3) is 0 Å². The van der Waals surface area contributed by atoms with Gasteiger partial charge in [-0.1, -0.05) is 48.9 Å². The first-order valence-electron chi connectivity index (χ1n) is 10.4. The van der Waals surface area contributed by atoms with Gasteiger partial charge in [-0.25, -0.2) is 9.48 Å². The number of rotatable bonds is 7. The summed E-state index contributed by atoms with van der Waals surface area (Å²) in [7, 11) is 0. The van der Waals surface area contributed by atoms with E-state index >= 15 is 0 Å². The minimum absolute atomic E-state index is 0.349. The molecule has 3 aromatic rings. The number of hydrogen-bond acceptors (Lipinski definition) is 6. The zero-order valence-electron chi connectivity index (χ0n) is 18.0. The van der Waals surface area contributed by atoms with Crippen molar-refractivity contribution in [2.75, 3.05) is 11.9 Å². The molecule has 7 heteroatoms. The second-order valence-corrected chi connectivity index (χ2v) is 7.57. The minimum Gasteiger partial charge on any atom is -0.489 e. The number of nitrogens with zero attached hydrogens (tertiary/aromatic N) is 3. The fourth-order valence-electron chi connectivity index (χ4n) is 3.53. The lowest BCUT2D eigenvalue weighted by atomic mass is 9.96. The maximum absolute atomic E-state index is 12.8. The molecule has 160 valence electrons. The number of allylic oxidation sites excluding steroid dienone is 1. The summed E-state index contributed by atoms with van der Waals surface area (Å²) in [5.74, 6) is 1.000. The highest BCUT2D eigenvalue weighted by atomic mass is 16.5. The van der Waals surface area contributed by atoms with E-state index < -0.39 is 6.04 Å². The quantitative estimate of drug-likeness (QED) is 0.573. The Hall–Kier alpha value is -3.61. The van der Waals surface area contributed by atoms with Gasteiger partial charge in [0.2, 0.25) is 5.95 Å². The average molecular weight is 418 g/mol. The van der Waals surface area contributed by atoms with Gasteiger partial charge >= 0.3 is 5.97 Å². The molecule has 1 atom stereocenters. The topological polar surface area (TPSA) is 78.3 Å². The highest BCUT2D eigenvalue weighted by Gasteiger charge is 2.34. The minimum atomic E-state index is -0.422. The normalized spacial score (nSPS) is 15.3. The molecule has 0 saturated heterocycles. The lowest BCUT2D eigenvalue weighted by molar-refractivity contribution is -0.139. The Morgan fingerprint density at radius 1 is 1.10 bits per heavy atom. The van der Waals surface area contributed by atoms with Crippen LogP contribution in [0.1, 0.15) is 43.0 Å². The number of anilines is 1. The molecule has 0 spiro atoms. The van der Waals surface area contributed by atoms with Crippen molar-refractivity contribution in [1.82, 2.24) is 14.8 Å². The van der Waals surface area contributed by atoms with Crippen LogP contribution in [-0.4, -0.2) is 27.3 Å². The van der Waals surface area contributed by atoms with Crippen LogP contribution in [0.4, 0.5) is 5.95 Å². The molecule has 0 saturated carbocycles. The zero-order chi connectivity index (χ0) is 21.8. The molecule has 1 aliphatic rings. The van der Waals surface area contributed by atoms with Crippen molar-refractivity contribution in [2.24, 2.45) is 0 Å². The SMILES string of the molecule is CCCOC(=O)C1=C(C)Nc2ncnn2C1c1ccc(OCc2ccc(C)cc2)cc1. The smallest absolute Gasteiger partial charge is 0.338 e. The van der Waals surface area contributed by atoms with Crippen LogP contribution in [0.2, 0.25) is 0 Å². The van der Waals surface area contributed by atoms with E-state index in [1.165, 1.54) is 11.9 Å². The van der Waals surface area contributed by atoms with E-state index in [0.717, 1.165) is 23.3 Å². The molecule has 0 bridgehead atoms. The molecule has 0 aliphatic carbocycles. The van der Waals surface area contributed by atoms with Crippen LogP contribution in [0.25, 0.3) is 0 Å². The second kappa shape index (κ2) is 9.04. The van der Waals surface area contributed by atoms with Crippen LogP contribution in [0.15, 0.2) is 66.1 Å². The molecule has 2 heterocycles. The van der Waals surface area contributed by atoms with Crippen molar-refractivity contribution in [3.63, 3.8) is 0 Å². The number of fused-ring (bicyclic) bond motifs is 1. The predicted molar refractivity (Wildman–Crippen MR) is 118 cm³/mol. The first-order chi connectivity index (χ1) is 15.1. The Kier molecular flexibility index (Phi) is 6.02. The van der Waals surface area contributed by atoms with Crippen LogP contribution < -0.4 is 10.1 Å². The van der Waals surface area contributed by atoms with Gasteiger partial charge in [-0.2, -0.15) is 10.1 Å². The van der Waals surface area contributed by atoms with Crippen molar-refractivity contribution in [3.8, 4) is 5.75 Å². The van der Waals surface area contributed by atoms with E-state index in [1.807, 2.05) is 38.1 Å². The van der Waals surface area contributed by atoms with Crippen LogP contribution in [-0.2, 0) is 16.1 Å². The largest absolute Gasteiger partial charge is 0.489 e. The van der Waals surface area contributed by atoms with Crippen molar-refractivity contribution in [2.45, 2.75) is 39.8 Å². The van der Waals surface area contributed by atoms with Crippen molar-refractivity contribution in [1.29, 1.82) is 0 Å². The van der Waals surface area contributed by atoms with E-state index in [2.05, 4.69) is 46.6 Å². The molecular formula is C24H26N4O3. The molecule has 7 nitrogen and oxygen atoms in total. The maximum atomic E-state index is 12.8. The van der Waals surface area contributed by atoms with Gasteiger partial charge in [0.15, 0.2) is 0 Å². The van der Waals surface area contributed by atoms with Gasteiger partial charge in [-0.05, 0) is 43.5 Å². The summed E-state index contributed by atoms with van der Waals surface area (Å²) in [4.78, 5) is 17.1. The first kappa shape index (κ1) is 20.7. The van der Waals surface area contributed by atoms with E-state index in [1.54, 1.807) is 4.68 Å². The highest BCUT2D eigenvalue weighted by molar-refractivity contribution is 5.92. The predicted octanol–water partition coefficient (Wildman–Crippen LogP) is 4.41. The summed E-state index contributed by atoms with van der Waals surface area (Å²) in [5, 5.41) is 7.48. The molecule has 0 fully saturated rings. The Labute approximate surface area is 181 Å². The Balaban J connectivity index is 1.57. The van der Waals surface area contributed by atoms with E-state index in [0.29, 0.717) is 30.4 Å². The van der Waals surface area contributed by atoms with E-state index in [-0.39, 0.29) is 5.97 Å². The van der Waals surface area contributed by atoms with Gasteiger partial charge in [0, 0.05) is 5.70 Å². The fourth-order valence-corrected chi connectivity index (χ4v) is 3.53. The van der Waals surface area contributed by atoms with Crippen LogP contribution in [0.3, 0.4) is 0 Å². The number of benzene rings is 2. The monoisotopic (exact) mass is 418 g/mol. The van der Waals surface area contributed by atoms with Crippen molar-refractivity contribution in [3.05, 3.63) is 82.8 Å². The highest BCUT2D eigenvalue weighted by Crippen LogP contribution is 2.35. The number of aryl methyl sites for hydroxylation is 1. The van der Waals surface area contributed by atoms with Gasteiger partial charge in [0.05, 0.1) is 12.2 Å². The van der Waals surface area contributed by atoms with Crippen LogP contribution in [0.5, 0.6) is 5.75 Å². The molecule has 31 heavy (non-hydrogen) atoms. The number of hydrogen-bond donors (Lipinski definition) is 1. The van der Waals surface area contributed by atoms with Gasteiger partial charge < -0.3 is 14.8 Å². The lowest BCUT2D eigenvalue weighted by Gasteiger charge is -2.28. The summed E-state index contributed by atoms with van der Waals surface area (Å²) in [5.41, 5.74) is 4.48. The second-order valence-electron chi connectivity index (χ2n) is 7.57. The lowest BCUT2D eigenvalue weighted by Crippen LogP contribution is -2.29. The zero-order valence-corrected chi connectivity index (χ0v) is 18.0. The Morgan fingerprint density at radius 3 is 2.55 bits per heavy atom. The summed E-state index contributed by atoms with van der Waals surface area (Å²) in [6, 6.07) is 15.6. The molecule has 0 radical (unpaired) electrons. The summed E-state index contributed by atoms with van der Waals surface area (Å²) >= 11 is 0. The Morgan fingerprint density at radius 2 is 1.84 bits per heavy atom. The van der Waals surface area contributed by atoms with Crippen LogP contribution in [0, 0.1) is 6.92 Å². The summed E-state index contributed by atoms with van der Waals surface area (Å²) < 4.78 is 13.1. The molecule has 2 aromatic carbocycles. The van der Waals surface area contributed by atoms with Gasteiger partial charge in [0.1, 0.15) is 24.7 Å². The van der Waals surface area contributed by atoms with Gasteiger partial charge in [-0.3, -0.25) is 0 Å². The maximum Gasteiger partial charge on any atom is 0.338 e. The van der Waals surface area contributed by atoms with Gasteiger partial charge in [-0.15, -0.1) is 0 Å². The third kappa shape index (κ3) is 4.45. The number of esters is 1. The summed E-state index contributed by atoms with van der Waals surface area (Å²) in [6.07, 6.45) is 2.24. The molecule has 1 aromatic heterocycles. The molecule has 4 rings (SSSR count). The fraction of sp³-hybridized carbons (Fsp3) is 0.292. The molecule has 0 amide bonds. The third-order valence-corrected chi connectivity index (χ3v) is 5.17. The molecule has 1 aliphatic heterocycles. The Bertz CT molecular complexity index is 1080. The third-order valence-electron chi connectivity index (χ3n) is 5.17. The number of carbonyl (C=O) groups is 1. The van der Waals surface area contributed by atoms with E-state index in [9.17, 15) is 4.79 Å². The average Bonchev–Trinajstić information content (AvgIpc) is 3.24. The molecule has 1 N–H and O–H groups in total. The molecule has 1 unspecified atom stereocenters. The number of aromatic nitrogens is 3. The van der Waals surface area contributed by atoms with Crippen molar-refractivity contribution >= 4 is 11.9 Å². The van der Waals surface area contributed by atoms with E-state index in [4.69, 9.17) is 9.47 Å². The summed E-state index contributed by atoms with van der Waals surface area (Å²) in [6.45, 7) is 6.75. The first-order valence-corrected chi connectivity index (χ1v) is 10.4. The number of carbonyl (C=O) groups excluding carboxylic acids is 1. The van der Waals surface area contributed by atoms with Crippen molar-refractivity contribution < 1.29 is 14.3 Å². The number of nitrogens with one attached hydrogen (secondary N) is 1.